The van der Waals surface area contributed by atoms with Gasteiger partial charge in [0.15, 0.2) is 0 Å². The van der Waals surface area contributed by atoms with E-state index in [0.29, 0.717) is 6.42 Å². The fourth-order valence-electron chi connectivity index (χ4n) is 2.61. The molecule has 0 spiro atoms. The number of aryl methyl sites for hydroxylation is 3. The van der Waals surface area contributed by atoms with Gasteiger partial charge in [-0.1, -0.05) is 12.1 Å². The smallest absolute Gasteiger partial charge is 0.0942 e. The second-order valence-corrected chi connectivity index (χ2v) is 5.92. The van der Waals surface area contributed by atoms with Crippen LogP contribution in [0.2, 0.25) is 0 Å². The van der Waals surface area contributed by atoms with Crippen LogP contribution in [0.1, 0.15) is 35.4 Å². The first-order valence-electron chi connectivity index (χ1n) is 6.80. The van der Waals surface area contributed by atoms with Gasteiger partial charge in [-0.15, -0.1) is 11.3 Å². The molecule has 3 heteroatoms. The van der Waals surface area contributed by atoms with Gasteiger partial charge >= 0.3 is 0 Å². The van der Waals surface area contributed by atoms with Crippen molar-refractivity contribution in [2.75, 3.05) is 0 Å². The minimum atomic E-state index is 0.553. The SMILES string of the molecule is N#CCCc1nc(-c2ccc3c(c2)CCCC3)cs1. The lowest BCUT2D eigenvalue weighted by molar-refractivity contribution is 0.686. The molecule has 0 unspecified atom stereocenters. The molecule has 0 aliphatic heterocycles. The lowest BCUT2D eigenvalue weighted by atomic mass is 9.90. The Balaban J connectivity index is 1.85. The van der Waals surface area contributed by atoms with Crippen LogP contribution < -0.4 is 0 Å². The molecule has 0 N–H and O–H groups in total. The summed E-state index contributed by atoms with van der Waals surface area (Å²) < 4.78 is 0. The van der Waals surface area contributed by atoms with Gasteiger partial charge in [-0.3, -0.25) is 0 Å². The van der Waals surface area contributed by atoms with E-state index in [1.165, 1.54) is 42.4 Å². The normalized spacial score (nSPS) is 13.8. The minimum absolute atomic E-state index is 0.553. The van der Waals surface area contributed by atoms with Crippen LogP contribution in [0.5, 0.6) is 0 Å². The topological polar surface area (TPSA) is 36.7 Å². The number of hydrogen-bond acceptors (Lipinski definition) is 3. The molecule has 1 aliphatic rings. The van der Waals surface area contributed by atoms with Gasteiger partial charge < -0.3 is 0 Å². The third kappa shape index (κ3) is 2.69. The molecule has 1 aliphatic carbocycles. The largest absolute Gasteiger partial charge is 0.241 e. The number of fused-ring (bicyclic) bond motifs is 1. The average Bonchev–Trinajstić information content (AvgIpc) is 2.93. The van der Waals surface area contributed by atoms with Crippen LogP contribution >= 0.6 is 11.3 Å². The number of nitrogens with zero attached hydrogens (tertiary/aromatic N) is 2. The zero-order chi connectivity index (χ0) is 13.1. The third-order valence-corrected chi connectivity index (χ3v) is 4.56. The lowest BCUT2D eigenvalue weighted by Crippen LogP contribution is -2.02. The Bertz CT molecular complexity index is 622. The summed E-state index contributed by atoms with van der Waals surface area (Å²) in [4.78, 5) is 4.63. The summed E-state index contributed by atoms with van der Waals surface area (Å²) in [5.74, 6) is 0. The van der Waals surface area contributed by atoms with Crippen molar-refractivity contribution in [1.29, 1.82) is 5.26 Å². The maximum atomic E-state index is 8.61. The number of nitriles is 1. The maximum absolute atomic E-state index is 8.61. The molecule has 0 amide bonds. The molecular formula is C16H16N2S. The number of rotatable bonds is 3. The fraction of sp³-hybridized carbons (Fsp3) is 0.375. The highest BCUT2D eigenvalue weighted by atomic mass is 32.1. The molecule has 2 aromatic rings. The first kappa shape index (κ1) is 12.4. The quantitative estimate of drug-likeness (QED) is 0.838. The van der Waals surface area contributed by atoms with Gasteiger partial charge in [-0.05, 0) is 42.9 Å². The van der Waals surface area contributed by atoms with Crippen molar-refractivity contribution < 1.29 is 0 Å². The zero-order valence-corrected chi connectivity index (χ0v) is 11.7. The van der Waals surface area contributed by atoms with Gasteiger partial charge in [0.1, 0.15) is 0 Å². The molecule has 0 bridgehead atoms. The summed E-state index contributed by atoms with van der Waals surface area (Å²) in [5, 5.41) is 11.8. The molecule has 0 atom stereocenters. The molecular weight excluding hydrogens is 252 g/mol. The van der Waals surface area contributed by atoms with E-state index >= 15 is 0 Å². The molecule has 19 heavy (non-hydrogen) atoms. The van der Waals surface area contributed by atoms with Crippen LogP contribution in [0.3, 0.4) is 0 Å². The predicted octanol–water partition coefficient (Wildman–Crippen LogP) is 4.15. The van der Waals surface area contributed by atoms with Gasteiger partial charge in [0.05, 0.1) is 16.8 Å². The second kappa shape index (κ2) is 5.54. The molecule has 3 rings (SSSR count). The monoisotopic (exact) mass is 268 g/mol. The van der Waals surface area contributed by atoms with Crippen molar-refractivity contribution >= 4 is 11.3 Å². The molecule has 1 heterocycles. The lowest BCUT2D eigenvalue weighted by Gasteiger charge is -2.16. The number of thiazole rings is 1. The van der Waals surface area contributed by atoms with Crippen molar-refractivity contribution in [3.05, 3.63) is 39.7 Å². The van der Waals surface area contributed by atoms with E-state index in [1.807, 2.05) is 0 Å². The van der Waals surface area contributed by atoms with Crippen molar-refractivity contribution in [3.8, 4) is 17.3 Å². The van der Waals surface area contributed by atoms with E-state index < -0.39 is 0 Å². The van der Waals surface area contributed by atoms with E-state index in [2.05, 4.69) is 34.6 Å². The Morgan fingerprint density at radius 3 is 2.89 bits per heavy atom. The summed E-state index contributed by atoms with van der Waals surface area (Å²) >= 11 is 1.66. The van der Waals surface area contributed by atoms with Crippen molar-refractivity contribution in [2.45, 2.75) is 38.5 Å². The van der Waals surface area contributed by atoms with Crippen LogP contribution in [0.4, 0.5) is 0 Å². The Morgan fingerprint density at radius 1 is 1.21 bits per heavy atom. The van der Waals surface area contributed by atoms with Gasteiger partial charge in [0, 0.05) is 23.8 Å². The molecule has 96 valence electrons. The van der Waals surface area contributed by atoms with Crippen LogP contribution in [0, 0.1) is 11.3 Å². The third-order valence-electron chi connectivity index (χ3n) is 3.65. The van der Waals surface area contributed by atoms with E-state index in [9.17, 15) is 0 Å². The van der Waals surface area contributed by atoms with Gasteiger partial charge in [0.2, 0.25) is 0 Å². The Hall–Kier alpha value is -1.66. The summed E-state index contributed by atoms with van der Waals surface area (Å²) in [5.41, 5.74) is 5.29. The molecule has 0 saturated carbocycles. The Morgan fingerprint density at radius 2 is 2.05 bits per heavy atom. The molecule has 1 aromatic heterocycles. The zero-order valence-electron chi connectivity index (χ0n) is 10.9. The Labute approximate surface area is 117 Å². The van der Waals surface area contributed by atoms with E-state index in [-0.39, 0.29) is 0 Å². The second-order valence-electron chi connectivity index (χ2n) is 4.98. The maximum Gasteiger partial charge on any atom is 0.0942 e. The highest BCUT2D eigenvalue weighted by Gasteiger charge is 2.11. The van der Waals surface area contributed by atoms with Gasteiger partial charge in [-0.2, -0.15) is 5.26 Å². The standard InChI is InChI=1S/C16H16N2S/c17-9-3-6-16-18-15(11-19-16)14-8-7-12-4-1-2-5-13(12)10-14/h7-8,10-11H,1-6H2. The minimum Gasteiger partial charge on any atom is -0.241 e. The van der Waals surface area contributed by atoms with Crippen molar-refractivity contribution in [1.82, 2.24) is 4.98 Å². The number of aromatic nitrogens is 1. The highest BCUT2D eigenvalue weighted by molar-refractivity contribution is 7.09. The summed E-state index contributed by atoms with van der Waals surface area (Å²) in [6.45, 7) is 0. The summed E-state index contributed by atoms with van der Waals surface area (Å²) in [6.07, 6.45) is 6.38. The molecule has 0 radical (unpaired) electrons. The van der Waals surface area contributed by atoms with E-state index in [1.54, 1.807) is 11.3 Å². The molecule has 0 fully saturated rings. The molecule has 1 aromatic carbocycles. The fourth-order valence-corrected chi connectivity index (χ4v) is 3.42. The van der Waals surface area contributed by atoms with Crippen LogP contribution in [0.25, 0.3) is 11.3 Å². The molecule has 2 nitrogen and oxygen atoms in total. The number of benzene rings is 1. The summed E-state index contributed by atoms with van der Waals surface area (Å²) in [7, 11) is 0. The predicted molar refractivity (Wildman–Crippen MR) is 78.1 cm³/mol. The average molecular weight is 268 g/mol. The first-order valence-corrected chi connectivity index (χ1v) is 7.68. The van der Waals surface area contributed by atoms with Crippen LogP contribution in [0.15, 0.2) is 23.6 Å². The first-order chi connectivity index (χ1) is 9.36. The van der Waals surface area contributed by atoms with Crippen molar-refractivity contribution in [3.63, 3.8) is 0 Å². The van der Waals surface area contributed by atoms with E-state index in [0.717, 1.165) is 17.1 Å². The van der Waals surface area contributed by atoms with Gasteiger partial charge in [0.25, 0.3) is 0 Å². The molecule has 0 saturated heterocycles. The highest BCUT2D eigenvalue weighted by Crippen LogP contribution is 2.28. The Kier molecular flexibility index (Phi) is 3.61. The van der Waals surface area contributed by atoms with Crippen LogP contribution in [-0.4, -0.2) is 4.98 Å². The van der Waals surface area contributed by atoms with Gasteiger partial charge in [-0.25, -0.2) is 4.98 Å². The van der Waals surface area contributed by atoms with E-state index in [4.69, 9.17) is 5.26 Å². The van der Waals surface area contributed by atoms with Crippen molar-refractivity contribution in [2.24, 2.45) is 0 Å². The summed E-state index contributed by atoms with van der Waals surface area (Å²) in [6, 6.07) is 8.93. The number of hydrogen-bond donors (Lipinski definition) is 0. The van der Waals surface area contributed by atoms with Crippen LogP contribution in [-0.2, 0) is 19.3 Å².